The highest BCUT2D eigenvalue weighted by molar-refractivity contribution is 5.90. The second kappa shape index (κ2) is 13.3. The van der Waals surface area contributed by atoms with E-state index in [0.29, 0.717) is 35.8 Å². The molecule has 2 rings (SSSR count). The van der Waals surface area contributed by atoms with Crippen LogP contribution in [0.2, 0.25) is 0 Å². The normalized spacial score (nSPS) is 14.0. The SMILES string of the molecule is CCC(OC(=O)c1ccc(CC(C)C)cc1)C(C)C(CC)OC(=O)c1ccc(CC(C)C)cc1. The van der Waals surface area contributed by atoms with Crippen molar-refractivity contribution < 1.29 is 19.1 Å². The van der Waals surface area contributed by atoms with Crippen molar-refractivity contribution in [1.82, 2.24) is 0 Å². The fourth-order valence-corrected chi connectivity index (χ4v) is 4.27. The van der Waals surface area contributed by atoms with Crippen LogP contribution in [0.4, 0.5) is 0 Å². The first-order chi connectivity index (χ1) is 16.1. The van der Waals surface area contributed by atoms with Crippen LogP contribution in [0.1, 0.15) is 93.2 Å². The number of hydrogen-bond donors (Lipinski definition) is 0. The van der Waals surface area contributed by atoms with Gasteiger partial charge in [0.05, 0.1) is 11.1 Å². The third kappa shape index (κ3) is 8.30. The van der Waals surface area contributed by atoms with Crippen molar-refractivity contribution in [1.29, 1.82) is 0 Å². The van der Waals surface area contributed by atoms with E-state index >= 15 is 0 Å². The Morgan fingerprint density at radius 1 is 0.618 bits per heavy atom. The maximum absolute atomic E-state index is 12.8. The topological polar surface area (TPSA) is 52.6 Å². The molecule has 0 aromatic heterocycles. The van der Waals surface area contributed by atoms with Crippen LogP contribution in [0.3, 0.4) is 0 Å². The highest BCUT2D eigenvalue weighted by Crippen LogP contribution is 2.23. The number of hydrogen-bond acceptors (Lipinski definition) is 4. The molecule has 2 aromatic rings. The summed E-state index contributed by atoms with van der Waals surface area (Å²) in [6, 6.07) is 15.3. The van der Waals surface area contributed by atoms with Gasteiger partial charge in [0, 0.05) is 5.92 Å². The summed E-state index contributed by atoms with van der Waals surface area (Å²) in [5.41, 5.74) is 3.51. The lowest BCUT2D eigenvalue weighted by molar-refractivity contribution is -0.0299. The molecule has 4 nitrogen and oxygen atoms in total. The summed E-state index contributed by atoms with van der Waals surface area (Å²) in [6.07, 6.45) is 2.58. The minimum absolute atomic E-state index is 0.122. The van der Waals surface area contributed by atoms with Gasteiger partial charge in [-0.3, -0.25) is 0 Å². The summed E-state index contributed by atoms with van der Waals surface area (Å²) in [6.45, 7) is 14.7. The molecule has 0 spiro atoms. The Kier molecular flexibility index (Phi) is 10.8. The van der Waals surface area contributed by atoms with Gasteiger partial charge in [-0.25, -0.2) is 9.59 Å². The Morgan fingerprint density at radius 2 is 0.941 bits per heavy atom. The summed E-state index contributed by atoms with van der Waals surface area (Å²) >= 11 is 0. The van der Waals surface area contributed by atoms with Gasteiger partial charge in [0.15, 0.2) is 0 Å². The zero-order valence-electron chi connectivity index (χ0n) is 22.0. The summed E-state index contributed by atoms with van der Waals surface area (Å²) in [7, 11) is 0. The summed E-state index contributed by atoms with van der Waals surface area (Å²) in [5, 5.41) is 0. The van der Waals surface area contributed by atoms with Crippen LogP contribution in [0.25, 0.3) is 0 Å². The lowest BCUT2D eigenvalue weighted by Crippen LogP contribution is -2.35. The Bertz CT molecular complexity index is 821. The first-order valence-corrected chi connectivity index (χ1v) is 12.7. The van der Waals surface area contributed by atoms with E-state index < -0.39 is 0 Å². The van der Waals surface area contributed by atoms with Crippen LogP contribution in [0, 0.1) is 17.8 Å². The molecule has 0 aliphatic rings. The largest absolute Gasteiger partial charge is 0.458 e. The lowest BCUT2D eigenvalue weighted by Gasteiger charge is -2.29. The van der Waals surface area contributed by atoms with Gasteiger partial charge < -0.3 is 9.47 Å². The van der Waals surface area contributed by atoms with Crippen LogP contribution >= 0.6 is 0 Å². The molecule has 0 heterocycles. The van der Waals surface area contributed by atoms with Crippen LogP contribution in [-0.2, 0) is 22.3 Å². The smallest absolute Gasteiger partial charge is 0.338 e. The second-order valence-corrected chi connectivity index (χ2v) is 10.2. The molecule has 0 saturated carbocycles. The van der Waals surface area contributed by atoms with Crippen molar-refractivity contribution in [3.63, 3.8) is 0 Å². The van der Waals surface area contributed by atoms with E-state index in [-0.39, 0.29) is 30.1 Å². The number of rotatable bonds is 12. The molecule has 0 fully saturated rings. The number of benzene rings is 2. The number of carbonyl (C=O) groups excluding carboxylic acids is 2. The molecule has 2 atom stereocenters. The monoisotopic (exact) mass is 466 g/mol. The van der Waals surface area contributed by atoms with Gasteiger partial charge in [0.1, 0.15) is 12.2 Å². The van der Waals surface area contributed by atoms with Gasteiger partial charge in [0.2, 0.25) is 0 Å². The van der Waals surface area contributed by atoms with E-state index in [9.17, 15) is 9.59 Å². The molecule has 34 heavy (non-hydrogen) atoms. The van der Waals surface area contributed by atoms with Crippen molar-refractivity contribution >= 4 is 11.9 Å². The molecule has 2 aromatic carbocycles. The predicted octanol–water partition coefficient (Wildman–Crippen LogP) is 7.29. The Labute approximate surface area is 206 Å². The molecule has 0 radical (unpaired) electrons. The van der Waals surface area contributed by atoms with Gasteiger partial charge in [-0.15, -0.1) is 0 Å². The zero-order valence-corrected chi connectivity index (χ0v) is 22.0. The van der Waals surface area contributed by atoms with E-state index in [4.69, 9.17) is 9.47 Å². The fraction of sp³-hybridized carbons (Fsp3) is 0.533. The van der Waals surface area contributed by atoms with Crippen LogP contribution in [0.5, 0.6) is 0 Å². The molecule has 0 N–H and O–H groups in total. The van der Waals surface area contributed by atoms with Crippen LogP contribution < -0.4 is 0 Å². The summed E-state index contributed by atoms with van der Waals surface area (Å²) in [5.74, 6) is 0.335. The minimum Gasteiger partial charge on any atom is -0.458 e. The summed E-state index contributed by atoms with van der Waals surface area (Å²) in [4.78, 5) is 25.6. The summed E-state index contributed by atoms with van der Waals surface area (Å²) < 4.78 is 11.7. The average Bonchev–Trinajstić information content (AvgIpc) is 2.80. The first-order valence-electron chi connectivity index (χ1n) is 12.7. The third-order valence-electron chi connectivity index (χ3n) is 6.16. The second-order valence-electron chi connectivity index (χ2n) is 10.2. The highest BCUT2D eigenvalue weighted by atomic mass is 16.6. The van der Waals surface area contributed by atoms with Crippen molar-refractivity contribution in [2.45, 2.75) is 86.4 Å². The molecule has 0 aliphatic carbocycles. The minimum atomic E-state index is -0.339. The highest BCUT2D eigenvalue weighted by Gasteiger charge is 2.30. The number of ether oxygens (including phenoxy) is 2. The van der Waals surface area contributed by atoms with Gasteiger partial charge in [0.25, 0.3) is 0 Å². The average molecular weight is 467 g/mol. The molecule has 2 unspecified atom stereocenters. The van der Waals surface area contributed by atoms with E-state index in [1.807, 2.05) is 69.3 Å². The molecule has 0 bridgehead atoms. The molecule has 0 aliphatic heterocycles. The van der Waals surface area contributed by atoms with Crippen molar-refractivity contribution in [2.24, 2.45) is 17.8 Å². The molecule has 0 amide bonds. The zero-order chi connectivity index (χ0) is 25.3. The van der Waals surface area contributed by atoms with E-state index in [0.717, 1.165) is 12.8 Å². The van der Waals surface area contributed by atoms with Crippen molar-refractivity contribution in [3.05, 3.63) is 70.8 Å². The standard InChI is InChI=1S/C30H42O4/c1-8-27(33-29(31)25-14-10-23(11-15-25)18-20(3)4)22(7)28(9-2)34-30(32)26-16-12-24(13-17-26)19-21(5)6/h10-17,20-22,27-28H,8-9,18-19H2,1-7H3. The molecular formula is C30H42O4. The van der Waals surface area contributed by atoms with Gasteiger partial charge in [-0.1, -0.05) is 72.7 Å². The number of esters is 2. The van der Waals surface area contributed by atoms with E-state index in [1.165, 1.54) is 11.1 Å². The Balaban J connectivity index is 2.01. The first kappa shape index (κ1) is 27.6. The third-order valence-corrected chi connectivity index (χ3v) is 6.16. The fourth-order valence-electron chi connectivity index (χ4n) is 4.27. The van der Waals surface area contributed by atoms with E-state index in [1.54, 1.807) is 0 Å². The predicted molar refractivity (Wildman–Crippen MR) is 138 cm³/mol. The number of carbonyl (C=O) groups is 2. The lowest BCUT2D eigenvalue weighted by atomic mass is 9.94. The van der Waals surface area contributed by atoms with Crippen LogP contribution in [0.15, 0.2) is 48.5 Å². The molecule has 4 heteroatoms. The Hall–Kier alpha value is -2.62. The molecular weight excluding hydrogens is 424 g/mol. The van der Waals surface area contributed by atoms with Gasteiger partial charge in [-0.2, -0.15) is 0 Å². The maximum Gasteiger partial charge on any atom is 0.338 e. The van der Waals surface area contributed by atoms with Crippen LogP contribution in [-0.4, -0.2) is 24.1 Å². The van der Waals surface area contributed by atoms with Gasteiger partial charge >= 0.3 is 11.9 Å². The Morgan fingerprint density at radius 3 is 1.21 bits per heavy atom. The molecule has 0 saturated heterocycles. The van der Waals surface area contributed by atoms with Gasteiger partial charge in [-0.05, 0) is 72.9 Å². The quantitative estimate of drug-likeness (QED) is 0.308. The van der Waals surface area contributed by atoms with Crippen molar-refractivity contribution in [2.75, 3.05) is 0 Å². The van der Waals surface area contributed by atoms with Crippen molar-refractivity contribution in [3.8, 4) is 0 Å². The van der Waals surface area contributed by atoms with E-state index in [2.05, 4.69) is 27.7 Å². The molecule has 186 valence electrons. The maximum atomic E-state index is 12.8.